The molecule has 1 aromatic heterocycles. The molecule has 9 heteroatoms. The lowest BCUT2D eigenvalue weighted by Crippen LogP contribution is -2.40. The number of aliphatic carboxylic acids is 1. The van der Waals surface area contributed by atoms with Crippen LogP contribution in [0.25, 0.3) is 0 Å². The average Bonchev–Trinajstić information content (AvgIpc) is 3.15. The summed E-state index contributed by atoms with van der Waals surface area (Å²) in [7, 11) is -3.73. The predicted molar refractivity (Wildman–Crippen MR) is 98.2 cm³/mol. The fourth-order valence-corrected chi connectivity index (χ4v) is 4.28. The van der Waals surface area contributed by atoms with Gasteiger partial charge in [0.05, 0.1) is 6.54 Å². The number of carbonyl (C=O) groups excluding carboxylic acids is 1. The minimum absolute atomic E-state index is 0.0561. The van der Waals surface area contributed by atoms with Crippen LogP contribution in [0.3, 0.4) is 0 Å². The van der Waals surface area contributed by atoms with Gasteiger partial charge in [-0.3, -0.25) is 9.59 Å². The van der Waals surface area contributed by atoms with Gasteiger partial charge in [-0.05, 0) is 23.4 Å². The summed E-state index contributed by atoms with van der Waals surface area (Å²) in [5, 5.41) is 10.4. The maximum atomic E-state index is 12.5. The lowest BCUT2D eigenvalue weighted by Gasteiger charge is -2.23. The third kappa shape index (κ3) is 6.25. The Bertz CT molecular complexity index is 820. The lowest BCUT2D eigenvalue weighted by atomic mass is 10.2. The SMILES string of the molecule is O=C(O)CCCN(Cc1ccccc1)C(=O)CNS(=O)(=O)c1cccs1. The predicted octanol–water partition coefficient (Wildman–Crippen LogP) is 1.92. The highest BCUT2D eigenvalue weighted by Gasteiger charge is 2.20. The molecule has 1 amide bonds. The van der Waals surface area contributed by atoms with Crippen LogP contribution in [0.15, 0.2) is 52.1 Å². The van der Waals surface area contributed by atoms with Crippen LogP contribution in [-0.2, 0) is 26.2 Å². The molecule has 7 nitrogen and oxygen atoms in total. The molecule has 1 heterocycles. The van der Waals surface area contributed by atoms with Crippen molar-refractivity contribution in [3.05, 3.63) is 53.4 Å². The van der Waals surface area contributed by atoms with Crippen LogP contribution in [0.2, 0.25) is 0 Å². The van der Waals surface area contributed by atoms with Gasteiger partial charge in [0.2, 0.25) is 5.91 Å². The van der Waals surface area contributed by atoms with E-state index in [1.165, 1.54) is 11.0 Å². The monoisotopic (exact) mass is 396 g/mol. The van der Waals surface area contributed by atoms with E-state index in [-0.39, 0.29) is 23.7 Å². The maximum absolute atomic E-state index is 12.5. The smallest absolute Gasteiger partial charge is 0.303 e. The molecular formula is C17H20N2O5S2. The number of benzene rings is 1. The standard InChI is InChI=1S/C17H20N2O5S2/c20-15(12-18-26(23,24)17-9-5-11-25-17)19(10-4-8-16(21)22)13-14-6-2-1-3-7-14/h1-3,5-7,9,11,18H,4,8,10,12-13H2,(H,21,22). The Morgan fingerprint density at radius 3 is 2.46 bits per heavy atom. The Hall–Kier alpha value is -2.23. The third-order valence-electron chi connectivity index (χ3n) is 3.56. The first-order valence-corrected chi connectivity index (χ1v) is 10.3. The number of hydrogen-bond donors (Lipinski definition) is 2. The van der Waals surface area contributed by atoms with Gasteiger partial charge >= 0.3 is 5.97 Å². The number of carbonyl (C=O) groups is 2. The van der Waals surface area contributed by atoms with Gasteiger partial charge in [-0.2, -0.15) is 0 Å². The number of nitrogens with zero attached hydrogens (tertiary/aromatic N) is 1. The van der Waals surface area contributed by atoms with E-state index < -0.39 is 21.9 Å². The van der Waals surface area contributed by atoms with Crippen LogP contribution < -0.4 is 4.72 Å². The zero-order valence-corrected chi connectivity index (χ0v) is 15.6. The van der Waals surface area contributed by atoms with Gasteiger partial charge in [0.15, 0.2) is 0 Å². The number of amides is 1. The summed E-state index contributed by atoms with van der Waals surface area (Å²) in [5.74, 6) is -1.34. The highest BCUT2D eigenvalue weighted by molar-refractivity contribution is 7.91. The molecule has 140 valence electrons. The van der Waals surface area contributed by atoms with Gasteiger partial charge < -0.3 is 10.0 Å². The van der Waals surface area contributed by atoms with Gasteiger partial charge in [-0.25, -0.2) is 13.1 Å². The number of nitrogens with one attached hydrogen (secondary N) is 1. The summed E-state index contributed by atoms with van der Waals surface area (Å²) in [4.78, 5) is 24.7. The normalized spacial score (nSPS) is 11.2. The number of hydrogen-bond acceptors (Lipinski definition) is 5. The Kier molecular flexibility index (Phi) is 7.31. The van der Waals surface area contributed by atoms with Gasteiger partial charge in [-0.15, -0.1) is 11.3 Å². The summed E-state index contributed by atoms with van der Waals surface area (Å²) in [6, 6.07) is 12.3. The topological polar surface area (TPSA) is 104 Å². The first kappa shape index (κ1) is 20.1. The number of carboxylic acids is 1. The molecule has 0 unspecified atom stereocenters. The van der Waals surface area contributed by atoms with Crippen LogP contribution >= 0.6 is 11.3 Å². The van der Waals surface area contributed by atoms with Crippen molar-refractivity contribution in [1.29, 1.82) is 0 Å². The fraction of sp³-hybridized carbons (Fsp3) is 0.294. The van der Waals surface area contributed by atoms with E-state index in [1.54, 1.807) is 11.4 Å². The van der Waals surface area contributed by atoms with Crippen LogP contribution in [0.4, 0.5) is 0 Å². The van der Waals surface area contributed by atoms with Gasteiger partial charge in [0.1, 0.15) is 4.21 Å². The summed E-state index contributed by atoms with van der Waals surface area (Å²) in [5.41, 5.74) is 0.886. The molecular weight excluding hydrogens is 376 g/mol. The number of carboxylic acid groups (broad SMARTS) is 1. The molecule has 0 radical (unpaired) electrons. The number of sulfonamides is 1. The van der Waals surface area contributed by atoms with E-state index in [9.17, 15) is 18.0 Å². The van der Waals surface area contributed by atoms with Crippen LogP contribution in [0.1, 0.15) is 18.4 Å². The molecule has 0 atom stereocenters. The van der Waals surface area contributed by atoms with Crippen molar-refractivity contribution in [2.45, 2.75) is 23.6 Å². The zero-order valence-electron chi connectivity index (χ0n) is 14.0. The summed E-state index contributed by atoms with van der Waals surface area (Å²) in [6.07, 6.45) is 0.241. The minimum atomic E-state index is -3.73. The first-order valence-electron chi connectivity index (χ1n) is 7.95. The molecule has 0 spiro atoms. The van der Waals surface area contributed by atoms with Crippen molar-refractivity contribution in [2.75, 3.05) is 13.1 Å². The molecule has 0 fully saturated rings. The van der Waals surface area contributed by atoms with E-state index in [4.69, 9.17) is 5.11 Å². The Morgan fingerprint density at radius 2 is 1.85 bits per heavy atom. The van der Waals surface area contributed by atoms with Crippen LogP contribution in [0, 0.1) is 0 Å². The summed E-state index contributed by atoms with van der Waals surface area (Å²) >= 11 is 1.07. The van der Waals surface area contributed by atoms with Crippen molar-refractivity contribution in [2.24, 2.45) is 0 Å². The number of rotatable bonds is 10. The fourth-order valence-electron chi connectivity index (χ4n) is 2.27. The summed E-state index contributed by atoms with van der Waals surface area (Å²) < 4.78 is 26.7. The van der Waals surface area contributed by atoms with E-state index in [2.05, 4.69) is 4.72 Å². The van der Waals surface area contributed by atoms with Crippen molar-refractivity contribution in [3.8, 4) is 0 Å². The van der Waals surface area contributed by atoms with Gasteiger partial charge in [-0.1, -0.05) is 36.4 Å². The van der Waals surface area contributed by atoms with Crippen molar-refractivity contribution in [3.63, 3.8) is 0 Å². The minimum Gasteiger partial charge on any atom is -0.481 e. The Labute approximate surface area is 156 Å². The van der Waals surface area contributed by atoms with Gasteiger partial charge in [0, 0.05) is 19.5 Å². The van der Waals surface area contributed by atoms with Crippen molar-refractivity contribution >= 4 is 33.2 Å². The van der Waals surface area contributed by atoms with Crippen molar-refractivity contribution < 1.29 is 23.1 Å². The molecule has 2 N–H and O–H groups in total. The largest absolute Gasteiger partial charge is 0.481 e. The number of thiophene rings is 1. The lowest BCUT2D eigenvalue weighted by molar-refractivity contribution is -0.138. The highest BCUT2D eigenvalue weighted by Crippen LogP contribution is 2.15. The van der Waals surface area contributed by atoms with E-state index in [0.717, 1.165) is 16.9 Å². The van der Waals surface area contributed by atoms with E-state index >= 15 is 0 Å². The highest BCUT2D eigenvalue weighted by atomic mass is 32.2. The molecule has 1 aromatic carbocycles. The van der Waals surface area contributed by atoms with Crippen molar-refractivity contribution in [1.82, 2.24) is 9.62 Å². The zero-order chi connectivity index (χ0) is 19.0. The molecule has 0 aliphatic rings. The molecule has 0 aliphatic heterocycles. The molecule has 0 bridgehead atoms. The van der Waals surface area contributed by atoms with E-state index in [0.29, 0.717) is 13.0 Å². The molecule has 0 saturated carbocycles. The van der Waals surface area contributed by atoms with Gasteiger partial charge in [0.25, 0.3) is 10.0 Å². The van der Waals surface area contributed by atoms with E-state index in [1.807, 2.05) is 30.3 Å². The first-order chi connectivity index (χ1) is 12.4. The molecule has 2 rings (SSSR count). The maximum Gasteiger partial charge on any atom is 0.303 e. The average molecular weight is 396 g/mol. The Balaban J connectivity index is 2.00. The Morgan fingerprint density at radius 1 is 1.12 bits per heavy atom. The summed E-state index contributed by atoms with van der Waals surface area (Å²) in [6.45, 7) is 0.154. The molecule has 2 aromatic rings. The second-order valence-corrected chi connectivity index (χ2v) is 8.50. The molecule has 0 aliphatic carbocycles. The van der Waals surface area contributed by atoms with Crippen LogP contribution in [-0.4, -0.2) is 43.4 Å². The molecule has 26 heavy (non-hydrogen) atoms. The third-order valence-corrected chi connectivity index (χ3v) is 6.36. The second kappa shape index (κ2) is 9.46. The second-order valence-electron chi connectivity index (χ2n) is 5.55. The molecule has 0 saturated heterocycles. The quantitative estimate of drug-likeness (QED) is 0.639. The van der Waals surface area contributed by atoms with Crippen LogP contribution in [0.5, 0.6) is 0 Å².